The molecule has 4 N–H and O–H groups in total. The zero-order valence-electron chi connectivity index (χ0n) is 10.9. The van der Waals surface area contributed by atoms with Gasteiger partial charge in [-0.05, 0) is 19.1 Å². The fourth-order valence-electron chi connectivity index (χ4n) is 2.05. The Morgan fingerprint density at radius 2 is 1.70 bits per heavy atom. The lowest BCUT2D eigenvalue weighted by Crippen LogP contribution is -2.59. The zero-order valence-corrected chi connectivity index (χ0v) is 11.7. The lowest BCUT2D eigenvalue weighted by Gasteiger charge is -2.39. The lowest BCUT2D eigenvalue weighted by atomic mass is 10.0. The second kappa shape index (κ2) is 6.30. The number of hydrogen-bond acceptors (Lipinski definition) is 6. The number of benzene rings is 1. The SMILES string of the molecule is Cc1ccc(S(=O)[C@@H]2O[C@H](CO)[C@H](O)[C@H](O)[C@H]2O)cc1. The molecule has 1 fully saturated rings. The molecule has 1 heterocycles. The number of aliphatic hydroxyl groups excluding tert-OH is 4. The van der Waals surface area contributed by atoms with Crippen LogP contribution in [0.15, 0.2) is 29.2 Å². The Bertz CT molecular complexity index is 474. The molecule has 1 unspecified atom stereocenters. The van der Waals surface area contributed by atoms with Gasteiger partial charge in [0.25, 0.3) is 0 Å². The molecular formula is C13H18O6S. The van der Waals surface area contributed by atoms with Crippen LogP contribution in [-0.2, 0) is 15.5 Å². The number of ether oxygens (including phenoxy) is 1. The molecule has 6 nitrogen and oxygen atoms in total. The molecule has 0 aromatic heterocycles. The van der Waals surface area contributed by atoms with Gasteiger partial charge in [-0.15, -0.1) is 0 Å². The summed E-state index contributed by atoms with van der Waals surface area (Å²) in [6, 6.07) is 6.84. The molecule has 1 saturated heterocycles. The Kier molecular flexibility index (Phi) is 4.90. The molecule has 112 valence electrons. The lowest BCUT2D eigenvalue weighted by molar-refractivity contribution is -0.206. The summed E-state index contributed by atoms with van der Waals surface area (Å²) in [6.45, 7) is 1.35. The minimum Gasteiger partial charge on any atom is -0.394 e. The molecule has 1 aromatic rings. The first kappa shape index (κ1) is 15.6. The van der Waals surface area contributed by atoms with Crippen molar-refractivity contribution >= 4 is 10.8 Å². The molecule has 0 spiro atoms. The first-order chi connectivity index (χ1) is 9.45. The standard InChI is InChI=1S/C13H18O6S/c1-7-2-4-8(5-3-7)20(18)13-12(17)11(16)10(15)9(6-14)19-13/h2-5,9-17H,6H2,1H3/t9-,10+,11+,12-,13+,20?/m1/s1. The van der Waals surface area contributed by atoms with Crippen LogP contribution in [0.5, 0.6) is 0 Å². The third-order valence-corrected chi connectivity index (χ3v) is 4.86. The van der Waals surface area contributed by atoms with E-state index in [4.69, 9.17) is 9.84 Å². The predicted octanol–water partition coefficient (Wildman–Crippen LogP) is -1.10. The van der Waals surface area contributed by atoms with E-state index in [0.29, 0.717) is 4.90 Å². The van der Waals surface area contributed by atoms with E-state index in [2.05, 4.69) is 0 Å². The van der Waals surface area contributed by atoms with E-state index in [1.54, 1.807) is 24.3 Å². The van der Waals surface area contributed by atoms with Crippen LogP contribution in [0.1, 0.15) is 5.56 Å². The molecule has 0 aliphatic carbocycles. The van der Waals surface area contributed by atoms with E-state index in [-0.39, 0.29) is 0 Å². The number of aryl methyl sites for hydroxylation is 1. The average Bonchev–Trinajstić information content (AvgIpc) is 2.45. The Morgan fingerprint density at radius 3 is 2.25 bits per heavy atom. The highest BCUT2D eigenvalue weighted by Gasteiger charge is 2.46. The topological polar surface area (TPSA) is 107 Å². The normalized spacial score (nSPS) is 35.8. The molecule has 1 aliphatic rings. The van der Waals surface area contributed by atoms with E-state index < -0.39 is 47.3 Å². The highest BCUT2D eigenvalue weighted by molar-refractivity contribution is 7.85. The van der Waals surface area contributed by atoms with Crippen molar-refractivity contribution in [1.82, 2.24) is 0 Å². The molecule has 7 heteroatoms. The summed E-state index contributed by atoms with van der Waals surface area (Å²) in [5.41, 5.74) is -0.201. The van der Waals surface area contributed by atoms with Crippen molar-refractivity contribution in [2.24, 2.45) is 0 Å². The van der Waals surface area contributed by atoms with Gasteiger partial charge in [0.15, 0.2) is 5.44 Å². The first-order valence-electron chi connectivity index (χ1n) is 6.23. The van der Waals surface area contributed by atoms with E-state index in [0.717, 1.165) is 5.56 Å². The van der Waals surface area contributed by atoms with Crippen LogP contribution in [0.3, 0.4) is 0 Å². The maximum atomic E-state index is 12.4. The molecule has 0 radical (unpaired) electrons. The van der Waals surface area contributed by atoms with Gasteiger partial charge in [0.1, 0.15) is 24.4 Å². The van der Waals surface area contributed by atoms with Crippen LogP contribution in [0, 0.1) is 6.92 Å². The molecule has 1 aliphatic heterocycles. The minimum atomic E-state index is -1.72. The summed E-state index contributed by atoms with van der Waals surface area (Å²) in [7, 11) is -1.72. The minimum absolute atomic E-state index is 0.444. The van der Waals surface area contributed by atoms with Gasteiger partial charge in [-0.25, -0.2) is 0 Å². The third-order valence-electron chi connectivity index (χ3n) is 3.31. The smallest absolute Gasteiger partial charge is 0.166 e. The molecular weight excluding hydrogens is 284 g/mol. The van der Waals surface area contributed by atoms with Gasteiger partial charge in [0.2, 0.25) is 0 Å². The third kappa shape index (κ3) is 2.93. The van der Waals surface area contributed by atoms with Gasteiger partial charge in [0, 0.05) is 4.90 Å². The van der Waals surface area contributed by atoms with E-state index in [1.165, 1.54) is 0 Å². The monoisotopic (exact) mass is 302 g/mol. The summed E-state index contributed by atoms with van der Waals surface area (Å²) in [5, 5.41) is 38.3. The maximum Gasteiger partial charge on any atom is 0.166 e. The molecule has 6 atom stereocenters. The van der Waals surface area contributed by atoms with Gasteiger partial charge >= 0.3 is 0 Å². The van der Waals surface area contributed by atoms with Crippen LogP contribution in [0.25, 0.3) is 0 Å². The van der Waals surface area contributed by atoms with Crippen molar-refractivity contribution in [2.75, 3.05) is 6.61 Å². The Balaban J connectivity index is 2.22. The highest BCUT2D eigenvalue weighted by atomic mass is 32.2. The van der Waals surface area contributed by atoms with Crippen LogP contribution < -0.4 is 0 Å². The maximum absolute atomic E-state index is 12.4. The van der Waals surface area contributed by atoms with E-state index in [9.17, 15) is 19.5 Å². The number of rotatable bonds is 3. The van der Waals surface area contributed by atoms with E-state index in [1.807, 2.05) is 6.92 Å². The second-order valence-corrected chi connectivity index (χ2v) is 6.34. The second-order valence-electron chi connectivity index (χ2n) is 4.81. The largest absolute Gasteiger partial charge is 0.394 e. The summed E-state index contributed by atoms with van der Waals surface area (Å²) in [5.74, 6) is 0. The van der Waals surface area contributed by atoms with Crippen LogP contribution in [0.4, 0.5) is 0 Å². The van der Waals surface area contributed by atoms with Gasteiger partial charge in [-0.2, -0.15) is 0 Å². The molecule has 2 rings (SSSR count). The highest BCUT2D eigenvalue weighted by Crippen LogP contribution is 2.26. The van der Waals surface area contributed by atoms with Crippen molar-refractivity contribution in [2.45, 2.75) is 41.7 Å². The van der Waals surface area contributed by atoms with Crippen molar-refractivity contribution in [3.05, 3.63) is 29.8 Å². The Morgan fingerprint density at radius 1 is 1.10 bits per heavy atom. The summed E-state index contributed by atoms with van der Waals surface area (Å²) < 4.78 is 17.7. The Hall–Kier alpha value is -0.830. The zero-order chi connectivity index (χ0) is 14.9. The van der Waals surface area contributed by atoms with Gasteiger partial charge < -0.3 is 25.2 Å². The number of aliphatic hydroxyl groups is 4. The molecule has 0 bridgehead atoms. The van der Waals surface area contributed by atoms with Crippen molar-refractivity contribution in [1.29, 1.82) is 0 Å². The first-order valence-corrected chi connectivity index (χ1v) is 7.44. The van der Waals surface area contributed by atoms with Crippen LogP contribution in [0.2, 0.25) is 0 Å². The molecule has 20 heavy (non-hydrogen) atoms. The summed E-state index contributed by atoms with van der Waals surface area (Å²) in [6.07, 6.45) is -5.50. The quantitative estimate of drug-likeness (QED) is 0.565. The summed E-state index contributed by atoms with van der Waals surface area (Å²) in [4.78, 5) is 0.444. The fraction of sp³-hybridized carbons (Fsp3) is 0.538. The molecule has 0 amide bonds. The summed E-state index contributed by atoms with van der Waals surface area (Å²) >= 11 is 0. The van der Waals surface area contributed by atoms with Gasteiger partial charge in [-0.1, -0.05) is 17.7 Å². The molecule has 0 saturated carbocycles. The van der Waals surface area contributed by atoms with E-state index >= 15 is 0 Å². The van der Waals surface area contributed by atoms with Crippen LogP contribution in [-0.4, -0.2) is 61.1 Å². The predicted molar refractivity (Wildman–Crippen MR) is 71.4 cm³/mol. The van der Waals surface area contributed by atoms with Crippen molar-refractivity contribution in [3.63, 3.8) is 0 Å². The Labute approximate surface area is 119 Å². The van der Waals surface area contributed by atoms with Gasteiger partial charge in [0.05, 0.1) is 17.4 Å². The molecule has 1 aromatic carbocycles. The van der Waals surface area contributed by atoms with Gasteiger partial charge in [-0.3, -0.25) is 4.21 Å². The van der Waals surface area contributed by atoms with Crippen LogP contribution >= 0.6 is 0 Å². The number of hydrogen-bond donors (Lipinski definition) is 4. The van der Waals surface area contributed by atoms with Crippen molar-refractivity contribution < 1.29 is 29.4 Å². The fourth-order valence-corrected chi connectivity index (χ4v) is 3.38. The average molecular weight is 302 g/mol. The van der Waals surface area contributed by atoms with Crippen molar-refractivity contribution in [3.8, 4) is 0 Å².